The van der Waals surface area contributed by atoms with E-state index >= 15 is 0 Å². The highest BCUT2D eigenvalue weighted by molar-refractivity contribution is 6.30. The molecule has 2 aromatic heterocycles. The van der Waals surface area contributed by atoms with Gasteiger partial charge in [-0.25, -0.2) is 5.01 Å². The maximum Gasteiger partial charge on any atom is 0.213 e. The van der Waals surface area contributed by atoms with Crippen LogP contribution in [0, 0.1) is 0 Å². The topological polar surface area (TPSA) is 50.9 Å². The summed E-state index contributed by atoms with van der Waals surface area (Å²) >= 11 is 6.22. The van der Waals surface area contributed by atoms with Crippen LogP contribution in [0.3, 0.4) is 0 Å². The van der Waals surface area contributed by atoms with E-state index in [-0.39, 0.29) is 12.3 Å². The van der Waals surface area contributed by atoms with Gasteiger partial charge in [-0.2, -0.15) is 5.10 Å². The molecule has 5 nitrogen and oxygen atoms in total. The van der Waals surface area contributed by atoms with E-state index in [4.69, 9.17) is 25.9 Å². The zero-order chi connectivity index (χ0) is 16.8. The lowest BCUT2D eigenvalue weighted by Crippen LogP contribution is -2.33. The summed E-state index contributed by atoms with van der Waals surface area (Å²) < 4.78 is 11.8. The predicted molar refractivity (Wildman–Crippen MR) is 93.5 cm³/mol. The standard InChI is InChI=1S/C19H14ClN3O2/c20-13-3-4-17-14(10-13)16-11-15(18-2-1-9-24-18)22-23(16)19(25-17)12-5-7-21-8-6-12/h1-10,16,19H,11H2/t16-,19-/m1/s1. The maximum atomic E-state index is 6.25. The Morgan fingerprint density at radius 2 is 2.00 bits per heavy atom. The lowest BCUT2D eigenvalue weighted by Gasteiger charge is -2.38. The van der Waals surface area contributed by atoms with Gasteiger partial charge in [-0.3, -0.25) is 4.98 Å². The third kappa shape index (κ3) is 2.39. The molecule has 5 rings (SSSR count). The highest BCUT2D eigenvalue weighted by Crippen LogP contribution is 2.48. The first-order valence-electron chi connectivity index (χ1n) is 8.05. The molecular weight excluding hydrogens is 338 g/mol. The first-order chi connectivity index (χ1) is 12.3. The largest absolute Gasteiger partial charge is 0.464 e. The van der Waals surface area contributed by atoms with E-state index in [0.717, 1.165) is 34.8 Å². The van der Waals surface area contributed by atoms with Crippen molar-refractivity contribution in [3.05, 3.63) is 83.0 Å². The van der Waals surface area contributed by atoms with Gasteiger partial charge in [0.15, 0.2) is 0 Å². The number of aromatic nitrogens is 1. The van der Waals surface area contributed by atoms with Crippen molar-refractivity contribution in [3.8, 4) is 5.75 Å². The Hall–Kier alpha value is -2.79. The van der Waals surface area contributed by atoms with Crippen molar-refractivity contribution in [2.75, 3.05) is 0 Å². The number of pyridine rings is 1. The molecule has 1 aromatic carbocycles. The highest BCUT2D eigenvalue weighted by atomic mass is 35.5. The minimum absolute atomic E-state index is 0.0562. The van der Waals surface area contributed by atoms with Crippen LogP contribution in [-0.4, -0.2) is 15.7 Å². The van der Waals surface area contributed by atoms with Crippen LogP contribution in [0.15, 0.2) is 70.6 Å². The molecule has 0 saturated carbocycles. The molecule has 0 saturated heterocycles. The van der Waals surface area contributed by atoms with E-state index in [2.05, 4.69) is 4.98 Å². The summed E-state index contributed by atoms with van der Waals surface area (Å²) in [4.78, 5) is 4.09. The summed E-state index contributed by atoms with van der Waals surface area (Å²) in [6.45, 7) is 0. The fraction of sp³-hybridized carbons (Fsp3) is 0.158. The summed E-state index contributed by atoms with van der Waals surface area (Å²) in [6, 6.07) is 13.5. The normalized spacial score (nSPS) is 21.3. The van der Waals surface area contributed by atoms with Crippen molar-refractivity contribution < 1.29 is 9.15 Å². The molecule has 0 N–H and O–H groups in total. The predicted octanol–water partition coefficient (Wildman–Crippen LogP) is 4.57. The molecule has 0 radical (unpaired) electrons. The molecule has 0 aliphatic carbocycles. The Morgan fingerprint density at radius 3 is 2.80 bits per heavy atom. The van der Waals surface area contributed by atoms with Crippen LogP contribution >= 0.6 is 11.6 Å². The summed E-state index contributed by atoms with van der Waals surface area (Å²) in [5.41, 5.74) is 2.96. The van der Waals surface area contributed by atoms with Crippen LogP contribution in [0.5, 0.6) is 5.75 Å². The lowest BCUT2D eigenvalue weighted by molar-refractivity contribution is -0.0190. The van der Waals surface area contributed by atoms with Gasteiger partial charge in [-0.1, -0.05) is 11.6 Å². The molecule has 0 fully saturated rings. The van der Waals surface area contributed by atoms with Crippen molar-refractivity contribution in [1.29, 1.82) is 0 Å². The minimum Gasteiger partial charge on any atom is -0.464 e. The minimum atomic E-state index is -0.311. The number of hydrogen-bond donors (Lipinski definition) is 0. The second-order valence-corrected chi connectivity index (χ2v) is 6.49. The van der Waals surface area contributed by atoms with Gasteiger partial charge >= 0.3 is 0 Å². The maximum absolute atomic E-state index is 6.25. The van der Waals surface area contributed by atoms with E-state index < -0.39 is 0 Å². The molecule has 0 unspecified atom stereocenters. The zero-order valence-corrected chi connectivity index (χ0v) is 13.9. The van der Waals surface area contributed by atoms with Gasteiger partial charge in [0, 0.05) is 35.0 Å². The van der Waals surface area contributed by atoms with Gasteiger partial charge in [-0.05, 0) is 42.5 Å². The van der Waals surface area contributed by atoms with Crippen molar-refractivity contribution in [2.45, 2.75) is 18.7 Å². The Labute approximate surface area is 149 Å². The fourth-order valence-electron chi connectivity index (χ4n) is 3.40. The molecule has 2 atom stereocenters. The highest BCUT2D eigenvalue weighted by Gasteiger charge is 2.41. The van der Waals surface area contributed by atoms with Gasteiger partial charge in [0.1, 0.15) is 17.2 Å². The Kier molecular flexibility index (Phi) is 3.28. The second-order valence-electron chi connectivity index (χ2n) is 6.06. The number of hydrogen-bond acceptors (Lipinski definition) is 5. The van der Waals surface area contributed by atoms with E-state index in [1.807, 2.05) is 47.5 Å². The van der Waals surface area contributed by atoms with E-state index in [0.29, 0.717) is 5.02 Å². The smallest absolute Gasteiger partial charge is 0.213 e. The molecule has 4 heterocycles. The number of halogens is 1. The second kappa shape index (κ2) is 5.63. The first kappa shape index (κ1) is 14.5. The third-order valence-corrected chi connectivity index (χ3v) is 4.78. The van der Waals surface area contributed by atoms with Gasteiger partial charge in [0.25, 0.3) is 0 Å². The lowest BCUT2D eigenvalue weighted by atomic mass is 9.97. The molecule has 25 heavy (non-hydrogen) atoms. The van der Waals surface area contributed by atoms with Crippen molar-refractivity contribution in [2.24, 2.45) is 5.10 Å². The summed E-state index contributed by atoms with van der Waals surface area (Å²) in [5.74, 6) is 1.62. The Balaban J connectivity index is 1.62. The quantitative estimate of drug-likeness (QED) is 0.678. The van der Waals surface area contributed by atoms with Gasteiger partial charge < -0.3 is 9.15 Å². The van der Waals surface area contributed by atoms with Crippen LogP contribution in [0.1, 0.15) is 35.6 Å². The molecule has 2 aliphatic heterocycles. The number of nitrogens with zero attached hydrogens (tertiary/aromatic N) is 3. The third-order valence-electron chi connectivity index (χ3n) is 4.55. The number of fused-ring (bicyclic) bond motifs is 3. The average molecular weight is 352 g/mol. The summed E-state index contributed by atoms with van der Waals surface area (Å²) in [5, 5.41) is 7.49. The Morgan fingerprint density at radius 1 is 1.12 bits per heavy atom. The van der Waals surface area contributed by atoms with Gasteiger partial charge in [-0.15, -0.1) is 0 Å². The van der Waals surface area contributed by atoms with Gasteiger partial charge in [0.2, 0.25) is 6.23 Å². The summed E-state index contributed by atoms with van der Waals surface area (Å²) in [7, 11) is 0. The van der Waals surface area contributed by atoms with Crippen LogP contribution in [-0.2, 0) is 0 Å². The number of benzene rings is 1. The van der Waals surface area contributed by atoms with Crippen LogP contribution in [0.2, 0.25) is 5.02 Å². The molecule has 3 aromatic rings. The SMILES string of the molecule is Clc1ccc2c(c1)[C@H]1CC(c3ccco3)=NN1[C@@H](c1ccncc1)O2. The van der Waals surface area contributed by atoms with Crippen molar-refractivity contribution >= 4 is 17.3 Å². The number of hydrazone groups is 1. The van der Waals surface area contributed by atoms with Gasteiger partial charge in [0.05, 0.1) is 12.3 Å². The number of rotatable bonds is 2. The molecule has 0 amide bonds. The first-order valence-corrected chi connectivity index (χ1v) is 8.43. The summed E-state index contributed by atoms with van der Waals surface area (Å²) in [6.07, 6.45) is 5.62. The van der Waals surface area contributed by atoms with Crippen LogP contribution in [0.25, 0.3) is 0 Å². The fourth-order valence-corrected chi connectivity index (χ4v) is 3.58. The average Bonchev–Trinajstić information content (AvgIpc) is 3.31. The van der Waals surface area contributed by atoms with E-state index in [9.17, 15) is 0 Å². The number of furan rings is 1. The molecule has 0 bridgehead atoms. The molecule has 0 spiro atoms. The van der Waals surface area contributed by atoms with Crippen LogP contribution in [0.4, 0.5) is 0 Å². The molecule has 2 aliphatic rings. The van der Waals surface area contributed by atoms with E-state index in [1.54, 1.807) is 18.7 Å². The molecule has 124 valence electrons. The monoisotopic (exact) mass is 351 g/mol. The van der Waals surface area contributed by atoms with E-state index in [1.165, 1.54) is 0 Å². The number of ether oxygens (including phenoxy) is 1. The van der Waals surface area contributed by atoms with Crippen molar-refractivity contribution in [1.82, 2.24) is 9.99 Å². The molecule has 6 heteroatoms. The van der Waals surface area contributed by atoms with Crippen LogP contribution < -0.4 is 4.74 Å². The Bertz CT molecular complexity index is 941. The zero-order valence-electron chi connectivity index (χ0n) is 13.2. The van der Waals surface area contributed by atoms with Crippen molar-refractivity contribution in [3.63, 3.8) is 0 Å². The molecular formula is C19H14ClN3O2.